The Kier molecular flexibility index (Phi) is 8.56. The molecular weight excluding hydrogens is 455 g/mol. The number of carbonyl (C=O) groups excluding carboxylic acids is 1. The summed E-state index contributed by atoms with van der Waals surface area (Å²) >= 11 is 2.35. The quantitative estimate of drug-likeness (QED) is 0.215. The van der Waals surface area contributed by atoms with Gasteiger partial charge in [0.15, 0.2) is 5.79 Å². The number of carbonyl (C=O) groups is 1. The minimum Gasteiger partial charge on any atom is -0.466 e. The second-order valence-electron chi connectivity index (χ2n) is 7.98. The van der Waals surface area contributed by atoms with Gasteiger partial charge < -0.3 is 14.2 Å². The first-order valence-electron chi connectivity index (χ1n) is 9.87. The first kappa shape index (κ1) is 22.6. The molecule has 1 spiro atoms. The molecule has 2 rings (SSSR count). The van der Waals surface area contributed by atoms with Crippen LogP contribution in [0.25, 0.3) is 0 Å². The molecule has 4 nitrogen and oxygen atoms in total. The highest BCUT2D eigenvalue weighted by Gasteiger charge is 2.45. The van der Waals surface area contributed by atoms with E-state index < -0.39 is 5.79 Å². The molecule has 0 bridgehead atoms. The zero-order valence-electron chi connectivity index (χ0n) is 17.2. The maximum atomic E-state index is 11.4. The molecule has 2 heterocycles. The molecule has 2 saturated heterocycles. The molecule has 2 aliphatic rings. The van der Waals surface area contributed by atoms with Crippen LogP contribution in [0.4, 0.5) is 0 Å². The largest absolute Gasteiger partial charge is 0.466 e. The summed E-state index contributed by atoms with van der Waals surface area (Å²) in [6, 6.07) is 0. The monoisotopic (exact) mass is 488 g/mol. The van der Waals surface area contributed by atoms with Gasteiger partial charge in [0.2, 0.25) is 0 Å². The summed E-state index contributed by atoms with van der Waals surface area (Å²) in [5.74, 6) is 0.170. The van der Waals surface area contributed by atoms with Gasteiger partial charge in [0.1, 0.15) is 0 Å². The van der Waals surface area contributed by atoms with Crippen LogP contribution < -0.4 is 0 Å². The summed E-state index contributed by atoms with van der Waals surface area (Å²) in [5, 5.41) is 0. The van der Waals surface area contributed by atoms with Crippen molar-refractivity contribution in [2.75, 3.05) is 7.11 Å². The van der Waals surface area contributed by atoms with Crippen molar-refractivity contribution >= 4 is 28.6 Å². The van der Waals surface area contributed by atoms with Crippen LogP contribution in [-0.4, -0.2) is 31.1 Å². The molecule has 0 aliphatic carbocycles. The highest BCUT2D eigenvalue weighted by molar-refractivity contribution is 14.1. The lowest BCUT2D eigenvalue weighted by molar-refractivity contribution is -0.323. The molecule has 2 aliphatic heterocycles. The molecule has 5 atom stereocenters. The van der Waals surface area contributed by atoms with E-state index in [1.807, 2.05) is 13.0 Å². The molecule has 0 radical (unpaired) electrons. The molecule has 0 amide bonds. The van der Waals surface area contributed by atoms with Gasteiger partial charge in [-0.05, 0) is 76.7 Å². The smallest absolute Gasteiger partial charge is 0.330 e. The van der Waals surface area contributed by atoms with Crippen molar-refractivity contribution in [2.24, 2.45) is 11.8 Å². The van der Waals surface area contributed by atoms with Gasteiger partial charge in [0.25, 0.3) is 0 Å². The van der Waals surface area contributed by atoms with Crippen LogP contribution in [0.15, 0.2) is 33.5 Å². The van der Waals surface area contributed by atoms with E-state index in [2.05, 4.69) is 60.3 Å². The standard InChI is InChI=1S/C22H33IO4/c1-15(14-21(24)25-5)6-8-19-16(2)10-12-22(26-19)13-11-17(3)20(27-22)9-7-18(4)23/h6-8,14,16-17,19-20H,9-13H2,1-5H3/b8-6+,15-14+,18-7-/t16-,17-,19-,20+,22+/m0/s1. The summed E-state index contributed by atoms with van der Waals surface area (Å²) in [6.45, 7) is 8.50. The maximum Gasteiger partial charge on any atom is 0.330 e. The SMILES string of the molecule is COC(=O)/C=C(C)/C=C/[C@@H]1O[C@@]2(CC[C@@H]1C)CC[C@H](C)[C@@H](C/C=C(/C)I)O2. The minimum absolute atomic E-state index is 0.00402. The minimum atomic E-state index is -0.467. The molecule has 27 heavy (non-hydrogen) atoms. The van der Waals surface area contributed by atoms with E-state index in [1.54, 1.807) is 0 Å². The average Bonchev–Trinajstić information content (AvgIpc) is 2.63. The fourth-order valence-electron chi connectivity index (χ4n) is 3.72. The number of rotatable bonds is 5. The van der Waals surface area contributed by atoms with Crippen LogP contribution in [0.1, 0.15) is 59.8 Å². The van der Waals surface area contributed by atoms with Crippen LogP contribution in [0.3, 0.4) is 0 Å². The Hall–Kier alpha value is -0.660. The molecule has 2 fully saturated rings. The summed E-state index contributed by atoms with van der Waals surface area (Å²) in [5.41, 5.74) is 0.857. The Morgan fingerprint density at radius 3 is 2.48 bits per heavy atom. The summed E-state index contributed by atoms with van der Waals surface area (Å²) < 4.78 is 19.1. The normalized spacial score (nSPS) is 35.6. The second-order valence-corrected chi connectivity index (χ2v) is 9.68. The highest BCUT2D eigenvalue weighted by Crippen LogP contribution is 2.43. The second kappa shape index (κ2) is 10.2. The molecule has 0 aromatic rings. The molecule has 0 aromatic heterocycles. The third kappa shape index (κ3) is 6.71. The molecule has 152 valence electrons. The van der Waals surface area contributed by atoms with Crippen molar-refractivity contribution < 1.29 is 19.0 Å². The maximum absolute atomic E-state index is 11.4. The van der Waals surface area contributed by atoms with Crippen molar-refractivity contribution in [3.8, 4) is 0 Å². The summed E-state index contributed by atoms with van der Waals surface area (Å²) in [7, 11) is 1.39. The predicted octanol–water partition coefficient (Wildman–Crippen LogP) is 5.72. The van der Waals surface area contributed by atoms with E-state index in [1.165, 1.54) is 16.8 Å². The summed E-state index contributed by atoms with van der Waals surface area (Å²) in [4.78, 5) is 11.4. The van der Waals surface area contributed by atoms with Crippen molar-refractivity contribution in [3.05, 3.63) is 33.5 Å². The van der Waals surface area contributed by atoms with Gasteiger partial charge >= 0.3 is 5.97 Å². The topological polar surface area (TPSA) is 44.8 Å². The summed E-state index contributed by atoms with van der Waals surface area (Å²) in [6.07, 6.45) is 13.0. The van der Waals surface area contributed by atoms with Gasteiger partial charge in [-0.2, -0.15) is 0 Å². The Morgan fingerprint density at radius 1 is 1.19 bits per heavy atom. The van der Waals surface area contributed by atoms with Crippen LogP contribution in [0.5, 0.6) is 0 Å². The zero-order valence-corrected chi connectivity index (χ0v) is 19.3. The Morgan fingerprint density at radius 2 is 1.85 bits per heavy atom. The van der Waals surface area contributed by atoms with Crippen molar-refractivity contribution in [1.29, 1.82) is 0 Å². The van der Waals surface area contributed by atoms with E-state index >= 15 is 0 Å². The first-order valence-corrected chi connectivity index (χ1v) is 10.9. The van der Waals surface area contributed by atoms with E-state index in [0.717, 1.165) is 37.7 Å². The van der Waals surface area contributed by atoms with Gasteiger partial charge in [0, 0.05) is 18.9 Å². The third-order valence-corrected chi connectivity index (χ3v) is 6.04. The number of allylic oxidation sites excluding steroid dienone is 3. The van der Waals surface area contributed by atoms with E-state index in [-0.39, 0.29) is 18.2 Å². The first-order chi connectivity index (χ1) is 12.7. The lowest BCUT2D eigenvalue weighted by atomic mass is 9.83. The third-order valence-electron chi connectivity index (χ3n) is 5.60. The lowest BCUT2D eigenvalue weighted by Gasteiger charge is -2.49. The van der Waals surface area contributed by atoms with Gasteiger partial charge in [-0.15, -0.1) is 0 Å². The van der Waals surface area contributed by atoms with Crippen LogP contribution in [-0.2, 0) is 19.0 Å². The van der Waals surface area contributed by atoms with Crippen molar-refractivity contribution in [1.82, 2.24) is 0 Å². The Bertz CT molecular complexity index is 601. The zero-order chi connectivity index (χ0) is 20.0. The van der Waals surface area contributed by atoms with Gasteiger partial charge in [-0.3, -0.25) is 0 Å². The molecule has 5 heteroatoms. The van der Waals surface area contributed by atoms with E-state index in [4.69, 9.17) is 9.47 Å². The van der Waals surface area contributed by atoms with E-state index in [0.29, 0.717) is 11.8 Å². The van der Waals surface area contributed by atoms with Crippen molar-refractivity contribution in [3.63, 3.8) is 0 Å². The van der Waals surface area contributed by atoms with E-state index in [9.17, 15) is 4.79 Å². The van der Waals surface area contributed by atoms with Gasteiger partial charge in [0.05, 0.1) is 19.3 Å². The van der Waals surface area contributed by atoms with Gasteiger partial charge in [-0.25, -0.2) is 4.79 Å². The number of hydrogen-bond acceptors (Lipinski definition) is 4. The molecule has 0 unspecified atom stereocenters. The number of halogens is 1. The van der Waals surface area contributed by atoms with Gasteiger partial charge in [-0.1, -0.05) is 32.1 Å². The van der Waals surface area contributed by atoms with Crippen LogP contribution in [0.2, 0.25) is 0 Å². The van der Waals surface area contributed by atoms with Crippen molar-refractivity contribution in [2.45, 2.75) is 77.8 Å². The lowest BCUT2D eigenvalue weighted by Crippen LogP contribution is -2.51. The highest BCUT2D eigenvalue weighted by atomic mass is 127. The predicted molar refractivity (Wildman–Crippen MR) is 117 cm³/mol. The van der Waals surface area contributed by atoms with Crippen LogP contribution >= 0.6 is 22.6 Å². The fourth-order valence-corrected chi connectivity index (χ4v) is 3.97. The Labute approximate surface area is 177 Å². The Balaban J connectivity index is 2.07. The molecule has 0 aromatic carbocycles. The fraction of sp³-hybridized carbons (Fsp3) is 0.682. The van der Waals surface area contributed by atoms with Crippen LogP contribution in [0, 0.1) is 11.8 Å². The molecule has 0 saturated carbocycles. The number of esters is 1. The average molecular weight is 488 g/mol. The molecular formula is C22H33IO4. The number of ether oxygens (including phenoxy) is 3. The molecule has 0 N–H and O–H groups in total. The number of hydrogen-bond donors (Lipinski definition) is 0. The number of methoxy groups -OCH3 is 1.